The maximum absolute atomic E-state index is 14.1. The number of ether oxygens (including phenoxy) is 1. The number of anilines is 1. The molecular weight excluding hydrogens is 272 g/mol. The molecule has 0 aliphatic carbocycles. The third-order valence-electron chi connectivity index (χ3n) is 3.55. The fourth-order valence-electron chi connectivity index (χ4n) is 2.30. The van der Waals surface area contributed by atoms with Crippen LogP contribution in [0.2, 0.25) is 0 Å². The molecule has 0 heterocycles. The van der Waals surface area contributed by atoms with Crippen molar-refractivity contribution in [3.63, 3.8) is 0 Å². The monoisotopic (exact) mass is 291 g/mol. The lowest BCUT2D eigenvalue weighted by Gasteiger charge is -2.33. The zero-order chi connectivity index (χ0) is 14.8. The second kappa shape index (κ2) is 5.49. The highest BCUT2D eigenvalue weighted by Gasteiger charge is 2.47. The van der Waals surface area contributed by atoms with E-state index in [-0.39, 0.29) is 29.8 Å². The molecule has 0 aliphatic heterocycles. The average molecular weight is 291 g/mol. The topological polar surface area (TPSA) is 92.8 Å². The highest BCUT2D eigenvalue weighted by molar-refractivity contribution is 7.53. The molecule has 0 radical (unpaired) electrons. The Morgan fingerprint density at radius 1 is 1.37 bits per heavy atom. The first-order chi connectivity index (χ1) is 8.73. The van der Waals surface area contributed by atoms with E-state index in [1.54, 1.807) is 13.8 Å². The van der Waals surface area contributed by atoms with Gasteiger partial charge in [0.05, 0.1) is 18.0 Å². The van der Waals surface area contributed by atoms with Crippen LogP contribution in [0, 0.1) is 5.82 Å². The Bertz CT molecular complexity index is 511. The summed E-state index contributed by atoms with van der Waals surface area (Å²) in [5.74, 6) is -0.526. The molecular formula is C12H19FNO4P. The number of halogens is 1. The van der Waals surface area contributed by atoms with E-state index in [0.717, 1.165) is 6.07 Å². The number of benzene rings is 1. The van der Waals surface area contributed by atoms with Gasteiger partial charge in [-0.25, -0.2) is 4.39 Å². The van der Waals surface area contributed by atoms with Crippen LogP contribution in [0.5, 0.6) is 5.75 Å². The molecule has 1 aromatic rings. The summed E-state index contributed by atoms with van der Waals surface area (Å²) < 4.78 is 30.9. The van der Waals surface area contributed by atoms with Crippen LogP contribution in [0.15, 0.2) is 12.1 Å². The molecule has 1 rings (SSSR count). The number of hydrogen-bond acceptors (Lipinski definition) is 3. The van der Waals surface area contributed by atoms with E-state index in [1.165, 1.54) is 13.2 Å². The van der Waals surface area contributed by atoms with Crippen molar-refractivity contribution in [2.45, 2.75) is 31.8 Å². The number of nitrogen functional groups attached to an aromatic ring is 1. The van der Waals surface area contributed by atoms with Crippen LogP contribution >= 0.6 is 7.60 Å². The fourth-order valence-corrected chi connectivity index (χ4v) is 3.61. The molecule has 0 bridgehead atoms. The van der Waals surface area contributed by atoms with Gasteiger partial charge in [0, 0.05) is 11.6 Å². The highest BCUT2D eigenvalue weighted by Crippen LogP contribution is 2.61. The van der Waals surface area contributed by atoms with Gasteiger partial charge >= 0.3 is 7.60 Å². The molecule has 1 aromatic carbocycles. The second-order valence-electron chi connectivity index (χ2n) is 4.36. The summed E-state index contributed by atoms with van der Waals surface area (Å²) in [5.41, 5.74) is 5.61. The summed E-state index contributed by atoms with van der Waals surface area (Å²) in [5, 5.41) is -1.56. The molecule has 0 unspecified atom stereocenters. The van der Waals surface area contributed by atoms with Gasteiger partial charge < -0.3 is 20.3 Å². The van der Waals surface area contributed by atoms with Crippen molar-refractivity contribution in [2.75, 3.05) is 12.8 Å². The van der Waals surface area contributed by atoms with Crippen molar-refractivity contribution in [1.82, 2.24) is 0 Å². The van der Waals surface area contributed by atoms with Gasteiger partial charge in [0.2, 0.25) is 0 Å². The quantitative estimate of drug-likeness (QED) is 0.573. The average Bonchev–Trinajstić information content (AvgIpc) is 2.31. The summed E-state index contributed by atoms with van der Waals surface area (Å²) in [6.07, 6.45) is 0.218. The van der Waals surface area contributed by atoms with Gasteiger partial charge in [0.15, 0.2) is 0 Å². The third kappa shape index (κ3) is 2.61. The molecule has 4 N–H and O–H groups in total. The van der Waals surface area contributed by atoms with Crippen molar-refractivity contribution in [2.24, 2.45) is 0 Å². The molecule has 0 amide bonds. The van der Waals surface area contributed by atoms with Gasteiger partial charge in [0.1, 0.15) is 11.6 Å². The van der Waals surface area contributed by atoms with Gasteiger partial charge in [-0.05, 0) is 18.9 Å². The van der Waals surface area contributed by atoms with E-state index < -0.39 is 18.6 Å². The maximum Gasteiger partial charge on any atom is 0.336 e. The van der Waals surface area contributed by atoms with Gasteiger partial charge in [-0.2, -0.15) is 0 Å². The Morgan fingerprint density at radius 3 is 2.26 bits per heavy atom. The van der Waals surface area contributed by atoms with Crippen LogP contribution in [-0.2, 0) is 9.72 Å². The minimum Gasteiger partial charge on any atom is -0.495 e. The Kier molecular flexibility index (Phi) is 4.61. The summed E-state index contributed by atoms with van der Waals surface area (Å²) in [4.78, 5) is 19.2. The predicted molar refractivity (Wildman–Crippen MR) is 71.7 cm³/mol. The smallest absolute Gasteiger partial charge is 0.336 e. The number of hydrogen-bond donors (Lipinski definition) is 3. The lowest BCUT2D eigenvalue weighted by Crippen LogP contribution is -2.26. The number of methoxy groups -OCH3 is 1. The first-order valence-electron chi connectivity index (χ1n) is 5.92. The molecule has 0 atom stereocenters. The zero-order valence-electron chi connectivity index (χ0n) is 11.2. The Balaban J connectivity index is 3.61. The zero-order valence-corrected chi connectivity index (χ0v) is 12.1. The standard InChI is InChI=1S/C12H19FNO4P/c1-4-12(5-2,19(15,16)17)8-6-11(18-3)10(14)7-9(8)13/h6-7H,4-5,14H2,1-3H3,(H2,15,16,17). The second-order valence-corrected chi connectivity index (χ2v) is 6.30. The first-order valence-corrected chi connectivity index (χ1v) is 7.53. The summed E-state index contributed by atoms with van der Waals surface area (Å²) in [6.45, 7) is 3.23. The van der Waals surface area contributed by atoms with Gasteiger partial charge in [-0.1, -0.05) is 13.8 Å². The normalized spacial score (nSPS) is 12.5. The van der Waals surface area contributed by atoms with Gasteiger partial charge in [-0.3, -0.25) is 4.57 Å². The van der Waals surface area contributed by atoms with E-state index in [0.29, 0.717) is 0 Å². The van der Waals surface area contributed by atoms with Gasteiger partial charge in [-0.15, -0.1) is 0 Å². The SMILES string of the molecule is CCC(CC)(c1cc(OC)c(N)cc1F)P(=O)(O)O. The van der Waals surface area contributed by atoms with E-state index >= 15 is 0 Å². The Morgan fingerprint density at radius 2 is 1.89 bits per heavy atom. The van der Waals surface area contributed by atoms with Crippen LogP contribution in [0.3, 0.4) is 0 Å². The molecule has 5 nitrogen and oxygen atoms in total. The van der Waals surface area contributed by atoms with Crippen LogP contribution in [0.1, 0.15) is 32.3 Å². The minimum atomic E-state index is -4.54. The first kappa shape index (κ1) is 16.0. The van der Waals surface area contributed by atoms with Crippen molar-refractivity contribution in [3.05, 3.63) is 23.5 Å². The van der Waals surface area contributed by atoms with Crippen LogP contribution in [0.25, 0.3) is 0 Å². The highest BCUT2D eigenvalue weighted by atomic mass is 31.2. The predicted octanol–water partition coefficient (Wildman–Crippen LogP) is 2.61. The van der Waals surface area contributed by atoms with Crippen molar-refractivity contribution in [1.29, 1.82) is 0 Å². The van der Waals surface area contributed by atoms with Crippen molar-refractivity contribution in [3.8, 4) is 5.75 Å². The van der Waals surface area contributed by atoms with Crippen LogP contribution in [-0.4, -0.2) is 16.9 Å². The van der Waals surface area contributed by atoms with Crippen molar-refractivity contribution < 1.29 is 23.5 Å². The van der Waals surface area contributed by atoms with Crippen LogP contribution < -0.4 is 10.5 Å². The Labute approximate surface area is 111 Å². The molecule has 0 aliphatic rings. The largest absolute Gasteiger partial charge is 0.495 e. The minimum absolute atomic E-state index is 0.0584. The molecule has 0 spiro atoms. The molecule has 0 aromatic heterocycles. The molecule has 19 heavy (non-hydrogen) atoms. The molecule has 0 saturated heterocycles. The van der Waals surface area contributed by atoms with Crippen LogP contribution in [0.4, 0.5) is 10.1 Å². The summed E-state index contributed by atoms with van der Waals surface area (Å²) >= 11 is 0. The molecule has 0 saturated carbocycles. The fraction of sp³-hybridized carbons (Fsp3) is 0.500. The lowest BCUT2D eigenvalue weighted by atomic mass is 9.91. The van der Waals surface area contributed by atoms with E-state index in [9.17, 15) is 18.7 Å². The summed E-state index contributed by atoms with van der Waals surface area (Å²) in [7, 11) is -3.17. The summed E-state index contributed by atoms with van der Waals surface area (Å²) in [6, 6.07) is 2.31. The van der Waals surface area contributed by atoms with E-state index in [2.05, 4.69) is 0 Å². The van der Waals surface area contributed by atoms with E-state index in [4.69, 9.17) is 10.5 Å². The Hall–Kier alpha value is -1.10. The number of nitrogens with two attached hydrogens (primary N) is 1. The van der Waals surface area contributed by atoms with E-state index in [1.807, 2.05) is 0 Å². The van der Waals surface area contributed by atoms with Gasteiger partial charge in [0.25, 0.3) is 0 Å². The number of rotatable bonds is 5. The van der Waals surface area contributed by atoms with Crippen molar-refractivity contribution >= 4 is 13.3 Å². The molecule has 0 fully saturated rings. The molecule has 108 valence electrons. The maximum atomic E-state index is 14.1. The lowest BCUT2D eigenvalue weighted by molar-refractivity contribution is 0.310. The molecule has 7 heteroatoms. The third-order valence-corrected chi connectivity index (χ3v) is 5.54.